The number of halogens is 1. The molecule has 5 rings (SSSR count). The largest absolute Gasteiger partial charge is 0.493 e. The molecule has 1 atom stereocenters. The van der Waals surface area contributed by atoms with Gasteiger partial charge in [-0.2, -0.15) is 0 Å². The predicted molar refractivity (Wildman–Crippen MR) is 172 cm³/mol. The van der Waals surface area contributed by atoms with Gasteiger partial charge in [0.15, 0.2) is 17.2 Å². The molecule has 2 aliphatic rings. The van der Waals surface area contributed by atoms with E-state index >= 15 is 0 Å². The Morgan fingerprint density at radius 2 is 1.54 bits per heavy atom. The zero-order valence-corrected chi connectivity index (χ0v) is 27.1. The number of alkyl carbamates (subject to hydrolysis) is 1. The van der Waals surface area contributed by atoms with Crippen LogP contribution in [0.4, 0.5) is 4.79 Å². The molecular weight excluding hydrogens is 614 g/mol. The van der Waals surface area contributed by atoms with Crippen LogP contribution in [0, 0.1) is 5.92 Å². The lowest BCUT2D eigenvalue weighted by molar-refractivity contribution is -0.151. The lowest BCUT2D eigenvalue weighted by atomic mass is 9.87. The first kappa shape index (κ1) is 32.9. The molecule has 1 saturated carbocycles. The van der Waals surface area contributed by atoms with Crippen molar-refractivity contribution in [2.24, 2.45) is 5.92 Å². The molecule has 3 aromatic carbocycles. The number of hydrogen-bond acceptors (Lipinski definition) is 9. The van der Waals surface area contributed by atoms with Gasteiger partial charge in [-0.05, 0) is 72.9 Å². The fourth-order valence-corrected chi connectivity index (χ4v) is 6.63. The molecule has 0 spiro atoms. The Balaban J connectivity index is 1.34. The highest BCUT2D eigenvalue weighted by Crippen LogP contribution is 2.54. The van der Waals surface area contributed by atoms with Crippen molar-refractivity contribution in [3.8, 4) is 34.1 Å². The number of ether oxygens (including phenoxy) is 6. The quantitative estimate of drug-likeness (QED) is 0.262. The summed E-state index contributed by atoms with van der Waals surface area (Å²) in [6.45, 7) is 0.233. The Hall–Kier alpha value is -4.44. The molecule has 0 bridgehead atoms. The first-order valence-electron chi connectivity index (χ1n) is 15.2. The Labute approximate surface area is 272 Å². The third-order valence-electron chi connectivity index (χ3n) is 8.60. The lowest BCUT2D eigenvalue weighted by Gasteiger charge is -2.28. The SMILES string of the molecule is COc1c(Cl)c2c(c(OC)c1OC)-c1ccc(OC)c(=O)cc1[C@@H](NC(=O)OC1CCC(C(=O)OCc3ccccc3)CC1)CC2. The fourth-order valence-electron chi connectivity index (χ4n) is 6.28. The third kappa shape index (κ3) is 6.87. The number of benzene rings is 2. The number of carbonyl (C=O) groups excluding carboxylic acids is 2. The van der Waals surface area contributed by atoms with Gasteiger partial charge in [0.2, 0.25) is 11.2 Å². The van der Waals surface area contributed by atoms with E-state index in [1.807, 2.05) is 30.3 Å². The predicted octanol–water partition coefficient (Wildman–Crippen LogP) is 6.42. The summed E-state index contributed by atoms with van der Waals surface area (Å²) >= 11 is 6.88. The van der Waals surface area contributed by atoms with Gasteiger partial charge in [0.05, 0.1) is 45.4 Å². The molecule has 0 aliphatic heterocycles. The molecule has 244 valence electrons. The van der Waals surface area contributed by atoms with Crippen LogP contribution in [0.15, 0.2) is 53.3 Å². The van der Waals surface area contributed by atoms with Crippen molar-refractivity contribution < 1.29 is 38.0 Å². The lowest BCUT2D eigenvalue weighted by Crippen LogP contribution is -2.35. The smallest absolute Gasteiger partial charge is 0.407 e. The first-order chi connectivity index (χ1) is 22.3. The van der Waals surface area contributed by atoms with Crippen molar-refractivity contribution in [3.05, 3.63) is 80.5 Å². The van der Waals surface area contributed by atoms with Gasteiger partial charge in [-0.25, -0.2) is 4.79 Å². The van der Waals surface area contributed by atoms with Crippen LogP contribution in [0.3, 0.4) is 0 Å². The summed E-state index contributed by atoms with van der Waals surface area (Å²) in [4.78, 5) is 39.1. The summed E-state index contributed by atoms with van der Waals surface area (Å²) < 4.78 is 33.7. The molecule has 3 aromatic rings. The molecule has 1 fully saturated rings. The minimum atomic E-state index is -0.615. The highest BCUT2D eigenvalue weighted by molar-refractivity contribution is 6.34. The van der Waals surface area contributed by atoms with E-state index in [0.29, 0.717) is 77.5 Å². The second kappa shape index (κ2) is 14.8. The number of carbonyl (C=O) groups is 2. The van der Waals surface area contributed by atoms with Crippen LogP contribution in [-0.2, 0) is 27.3 Å². The van der Waals surface area contributed by atoms with E-state index in [1.54, 1.807) is 12.1 Å². The molecule has 0 aromatic heterocycles. The van der Waals surface area contributed by atoms with Gasteiger partial charge in [-0.15, -0.1) is 0 Å². The second-order valence-corrected chi connectivity index (χ2v) is 11.6. The number of rotatable bonds is 9. The Kier molecular flexibility index (Phi) is 10.6. The minimum absolute atomic E-state index is 0.139. The van der Waals surface area contributed by atoms with Crippen LogP contribution in [0.1, 0.15) is 54.8 Å². The van der Waals surface area contributed by atoms with Gasteiger partial charge in [-0.1, -0.05) is 48.0 Å². The van der Waals surface area contributed by atoms with Crippen molar-refractivity contribution in [2.75, 3.05) is 28.4 Å². The van der Waals surface area contributed by atoms with Gasteiger partial charge in [-0.3, -0.25) is 9.59 Å². The monoisotopic (exact) mass is 651 g/mol. The summed E-state index contributed by atoms with van der Waals surface area (Å²) in [5.74, 6) is 0.693. The van der Waals surface area contributed by atoms with Crippen molar-refractivity contribution in [1.82, 2.24) is 5.32 Å². The topological polar surface area (TPSA) is 119 Å². The normalized spacial score (nSPS) is 18.6. The fraction of sp³-hybridized carbons (Fsp3) is 0.400. The van der Waals surface area contributed by atoms with Crippen molar-refractivity contribution in [3.63, 3.8) is 0 Å². The van der Waals surface area contributed by atoms with Crippen LogP contribution in [0.5, 0.6) is 23.0 Å². The van der Waals surface area contributed by atoms with Crippen LogP contribution in [0.2, 0.25) is 5.02 Å². The van der Waals surface area contributed by atoms with Gasteiger partial charge in [0.1, 0.15) is 12.7 Å². The third-order valence-corrected chi connectivity index (χ3v) is 9.00. The molecule has 0 saturated heterocycles. The standard InChI is InChI=1S/C35H38ClNO9/c1-41-28-17-15-23-25(18-27(28)38)26(16-14-24-29(23)31(42-2)33(44-4)32(43-3)30(24)36)37-35(40)46-22-12-10-21(11-13-22)34(39)45-19-20-8-6-5-7-9-20/h5-9,15,17-18,21-22,26H,10-14,16,19H2,1-4H3,(H,37,40)/t21?,22?,26-/m0/s1. The summed E-state index contributed by atoms with van der Waals surface area (Å²) in [6, 6.07) is 13.7. The van der Waals surface area contributed by atoms with E-state index in [4.69, 9.17) is 40.0 Å². The number of esters is 1. The number of fused-ring (bicyclic) bond motifs is 3. The van der Waals surface area contributed by atoms with Crippen molar-refractivity contribution in [1.29, 1.82) is 0 Å². The number of amides is 1. The van der Waals surface area contributed by atoms with Gasteiger partial charge < -0.3 is 33.7 Å². The van der Waals surface area contributed by atoms with Crippen LogP contribution < -0.4 is 29.7 Å². The maximum absolute atomic E-state index is 13.3. The molecule has 11 heteroatoms. The van der Waals surface area contributed by atoms with E-state index in [-0.39, 0.29) is 35.8 Å². The Morgan fingerprint density at radius 1 is 0.848 bits per heavy atom. The van der Waals surface area contributed by atoms with E-state index in [2.05, 4.69) is 5.32 Å². The maximum Gasteiger partial charge on any atom is 0.407 e. The van der Waals surface area contributed by atoms with Crippen LogP contribution in [-0.4, -0.2) is 46.6 Å². The highest BCUT2D eigenvalue weighted by Gasteiger charge is 2.34. The summed E-state index contributed by atoms with van der Waals surface area (Å²) in [6.07, 6.45) is 2.05. The maximum atomic E-state index is 13.3. The first-order valence-corrected chi connectivity index (χ1v) is 15.6. The van der Waals surface area contributed by atoms with Crippen molar-refractivity contribution >= 4 is 23.7 Å². The molecule has 0 heterocycles. The summed E-state index contributed by atoms with van der Waals surface area (Å²) in [7, 11) is 5.93. The van der Waals surface area contributed by atoms with Crippen molar-refractivity contribution in [2.45, 2.75) is 57.3 Å². The molecule has 2 aliphatic carbocycles. The zero-order chi connectivity index (χ0) is 32.8. The molecule has 0 unspecified atom stereocenters. The highest BCUT2D eigenvalue weighted by atomic mass is 35.5. The molecule has 46 heavy (non-hydrogen) atoms. The van der Waals surface area contributed by atoms with E-state index in [1.165, 1.54) is 34.5 Å². The average molecular weight is 652 g/mol. The number of nitrogens with one attached hydrogen (secondary N) is 1. The molecule has 1 N–H and O–H groups in total. The average Bonchev–Trinajstić information content (AvgIpc) is 3.32. The van der Waals surface area contributed by atoms with E-state index in [0.717, 1.165) is 11.1 Å². The number of hydrogen-bond donors (Lipinski definition) is 1. The number of methoxy groups -OCH3 is 4. The Bertz CT molecular complexity index is 1640. The second-order valence-electron chi connectivity index (χ2n) is 11.3. The van der Waals surface area contributed by atoms with Crippen LogP contribution >= 0.6 is 11.6 Å². The van der Waals surface area contributed by atoms with Crippen LogP contribution in [0.25, 0.3) is 11.1 Å². The van der Waals surface area contributed by atoms with E-state index in [9.17, 15) is 14.4 Å². The molecular formula is C35H38ClNO9. The molecule has 10 nitrogen and oxygen atoms in total. The van der Waals surface area contributed by atoms with Gasteiger partial charge >= 0.3 is 12.1 Å². The summed E-state index contributed by atoms with van der Waals surface area (Å²) in [5, 5.41) is 3.33. The minimum Gasteiger partial charge on any atom is -0.493 e. The Morgan fingerprint density at radius 3 is 2.20 bits per heavy atom. The molecule has 0 radical (unpaired) electrons. The zero-order valence-electron chi connectivity index (χ0n) is 26.4. The summed E-state index contributed by atoms with van der Waals surface area (Å²) in [5.41, 5.74) is 3.11. The van der Waals surface area contributed by atoms with Gasteiger partial charge in [0.25, 0.3) is 0 Å². The van der Waals surface area contributed by atoms with E-state index < -0.39 is 12.1 Å². The van der Waals surface area contributed by atoms with Gasteiger partial charge in [0, 0.05) is 5.56 Å². The molecule has 1 amide bonds.